The maximum atomic E-state index is 12.7. The Morgan fingerprint density at radius 3 is 1.33 bits per heavy atom. The van der Waals surface area contributed by atoms with Crippen molar-refractivity contribution in [1.29, 1.82) is 0 Å². The molecule has 0 saturated carbocycles. The lowest BCUT2D eigenvalue weighted by Crippen LogP contribution is -2.41. The predicted molar refractivity (Wildman–Crippen MR) is 262 cm³/mol. The van der Waals surface area contributed by atoms with Gasteiger partial charge in [0.05, 0.1) is 74.7 Å². The number of nitrogens with one attached hydrogen (secondary N) is 1. The number of hydrogen-bond acceptors (Lipinski definition) is 11. The largest absolute Gasteiger partial charge is 0.496 e. The Hall–Kier alpha value is -6.83. The fraction of sp³-hybridized carbons (Fsp3) is 0.453. The second-order valence-corrected chi connectivity index (χ2v) is 19.0. The molecule has 0 spiro atoms. The minimum Gasteiger partial charge on any atom is -0.496 e. The van der Waals surface area contributed by atoms with Crippen LogP contribution in [0.4, 0.5) is 31.1 Å². The molecular weight excluding hydrogens is 963 g/mol. The normalized spacial score (nSPS) is 14.9. The number of fused-ring (bicyclic) bond motifs is 2. The first-order chi connectivity index (χ1) is 34.6. The Morgan fingerprint density at radius 1 is 0.589 bits per heavy atom. The van der Waals surface area contributed by atoms with E-state index in [9.17, 15) is 40.7 Å². The number of hydrogen-bond donors (Lipinski definition) is 1. The van der Waals surface area contributed by atoms with Gasteiger partial charge in [0, 0.05) is 50.2 Å². The van der Waals surface area contributed by atoms with Crippen LogP contribution in [0.15, 0.2) is 73.3 Å². The minimum atomic E-state index is -4.44. The van der Waals surface area contributed by atoms with Crippen molar-refractivity contribution in [2.45, 2.75) is 102 Å². The van der Waals surface area contributed by atoms with Gasteiger partial charge >= 0.3 is 18.4 Å². The van der Waals surface area contributed by atoms with Gasteiger partial charge in [0.2, 0.25) is 0 Å². The first kappa shape index (κ1) is 54.0. The molecule has 392 valence electrons. The summed E-state index contributed by atoms with van der Waals surface area (Å²) in [5.74, 6) is -0.0635. The molecular formula is C53H60F6N6O8. The number of benzene rings is 4. The fourth-order valence-electron chi connectivity index (χ4n) is 9.24. The number of imidazole rings is 2. The summed E-state index contributed by atoms with van der Waals surface area (Å²) >= 11 is 0. The van der Waals surface area contributed by atoms with Crippen LogP contribution in [-0.4, -0.2) is 114 Å². The highest BCUT2D eigenvalue weighted by Gasteiger charge is 2.33. The smallest absolute Gasteiger partial charge is 0.410 e. The number of amides is 1. The van der Waals surface area contributed by atoms with Crippen molar-refractivity contribution < 1.29 is 64.4 Å². The third-order valence-corrected chi connectivity index (χ3v) is 12.9. The Morgan fingerprint density at radius 2 is 0.973 bits per heavy atom. The summed E-state index contributed by atoms with van der Waals surface area (Å²) in [6.07, 6.45) is -5.86. The topological polar surface area (TPSA) is 148 Å². The van der Waals surface area contributed by atoms with Gasteiger partial charge in [0.25, 0.3) is 0 Å². The Labute approximate surface area is 418 Å². The van der Waals surface area contributed by atoms with Gasteiger partial charge in [-0.15, -0.1) is 0 Å². The molecule has 73 heavy (non-hydrogen) atoms. The molecule has 0 aliphatic carbocycles. The van der Waals surface area contributed by atoms with Crippen molar-refractivity contribution in [3.8, 4) is 34.4 Å². The summed E-state index contributed by atoms with van der Waals surface area (Å²) in [5, 5.41) is 3.37. The fourth-order valence-corrected chi connectivity index (χ4v) is 9.24. The number of piperidine rings is 2. The number of ketones is 2. The summed E-state index contributed by atoms with van der Waals surface area (Å²) in [5.41, 5.74) is 6.32. The lowest BCUT2D eigenvalue weighted by Gasteiger charge is -2.33. The number of methoxy groups -OCH3 is 4. The molecule has 14 nitrogen and oxygen atoms in total. The van der Waals surface area contributed by atoms with Crippen molar-refractivity contribution >= 4 is 39.7 Å². The first-order valence-electron chi connectivity index (χ1n) is 24.0. The number of rotatable bonds is 14. The van der Waals surface area contributed by atoms with Crippen molar-refractivity contribution in [3.05, 3.63) is 95.6 Å². The molecule has 1 N–H and O–H groups in total. The lowest BCUT2D eigenvalue weighted by atomic mass is 9.89. The molecule has 4 aromatic carbocycles. The van der Waals surface area contributed by atoms with Crippen molar-refractivity contribution in [2.75, 3.05) is 54.6 Å². The predicted octanol–water partition coefficient (Wildman–Crippen LogP) is 11.7. The van der Waals surface area contributed by atoms with Gasteiger partial charge in [-0.1, -0.05) is 12.1 Å². The van der Waals surface area contributed by atoms with Crippen LogP contribution in [0.3, 0.4) is 0 Å². The number of aromatic nitrogens is 4. The second-order valence-electron chi connectivity index (χ2n) is 19.0. The van der Waals surface area contributed by atoms with Crippen LogP contribution in [0.25, 0.3) is 33.4 Å². The average molecular weight is 1020 g/mol. The number of nitrogens with zero attached hydrogens (tertiary/aromatic N) is 5. The van der Waals surface area contributed by atoms with E-state index in [1.165, 1.54) is 34.0 Å². The van der Waals surface area contributed by atoms with E-state index in [1.807, 2.05) is 49.6 Å². The molecule has 2 aromatic heterocycles. The molecule has 2 fully saturated rings. The highest BCUT2D eigenvalue weighted by molar-refractivity contribution is 6.02. The van der Waals surface area contributed by atoms with Crippen molar-refractivity contribution in [2.24, 2.45) is 0 Å². The quantitative estimate of drug-likeness (QED) is 0.0821. The Bertz CT molecular complexity index is 2880. The first-order valence-corrected chi connectivity index (χ1v) is 24.0. The van der Waals surface area contributed by atoms with E-state index in [4.69, 9.17) is 23.7 Å². The maximum absolute atomic E-state index is 12.7. The van der Waals surface area contributed by atoms with Gasteiger partial charge in [0.1, 0.15) is 52.4 Å². The molecule has 4 heterocycles. The van der Waals surface area contributed by atoms with Gasteiger partial charge in [-0.3, -0.25) is 18.7 Å². The lowest BCUT2D eigenvalue weighted by molar-refractivity contribution is -0.134. The van der Waals surface area contributed by atoms with Crippen LogP contribution < -0.4 is 24.3 Å². The van der Waals surface area contributed by atoms with E-state index in [1.54, 1.807) is 46.4 Å². The van der Waals surface area contributed by atoms with Crippen molar-refractivity contribution in [3.63, 3.8) is 0 Å². The molecule has 6 aromatic rings. The number of ether oxygens (including phenoxy) is 5. The molecule has 0 radical (unpaired) electrons. The average Bonchev–Trinajstić information content (AvgIpc) is 4.00. The number of carbonyl (C=O) groups is 3. The molecule has 0 unspecified atom stereocenters. The van der Waals surface area contributed by atoms with Gasteiger partial charge in [-0.05, 0) is 107 Å². The van der Waals surface area contributed by atoms with Gasteiger partial charge < -0.3 is 33.9 Å². The third kappa shape index (κ3) is 13.2. The van der Waals surface area contributed by atoms with Crippen molar-refractivity contribution in [1.82, 2.24) is 29.3 Å². The van der Waals surface area contributed by atoms with Crippen LogP contribution >= 0.6 is 0 Å². The number of likely N-dealkylation sites (tertiary alicyclic amines) is 1. The zero-order valence-corrected chi connectivity index (χ0v) is 41.8. The molecule has 2 saturated heterocycles. The van der Waals surface area contributed by atoms with Crippen LogP contribution in [0, 0.1) is 0 Å². The van der Waals surface area contributed by atoms with E-state index in [0.717, 1.165) is 66.4 Å². The molecule has 1 amide bonds. The molecule has 20 heteroatoms. The van der Waals surface area contributed by atoms with Crippen LogP contribution in [-0.2, 0) is 4.74 Å². The molecule has 2 aliphatic rings. The van der Waals surface area contributed by atoms with Crippen LogP contribution in [0.2, 0.25) is 0 Å². The van der Waals surface area contributed by atoms with Gasteiger partial charge in [0.15, 0.2) is 11.6 Å². The van der Waals surface area contributed by atoms with Crippen LogP contribution in [0.5, 0.6) is 23.0 Å². The number of alkyl halides is 6. The van der Waals surface area contributed by atoms with Gasteiger partial charge in [-0.2, -0.15) is 26.3 Å². The van der Waals surface area contributed by atoms with E-state index < -0.39 is 55.2 Å². The Balaban J connectivity index is 0.000000218. The second kappa shape index (κ2) is 22.5. The van der Waals surface area contributed by atoms with E-state index in [-0.39, 0.29) is 46.1 Å². The summed E-state index contributed by atoms with van der Waals surface area (Å²) in [6, 6.07) is 18.7. The molecule has 8 rings (SSSR count). The van der Waals surface area contributed by atoms with E-state index in [2.05, 4.69) is 27.4 Å². The third-order valence-electron chi connectivity index (χ3n) is 12.9. The monoisotopic (exact) mass is 1020 g/mol. The summed E-state index contributed by atoms with van der Waals surface area (Å²) in [7, 11) is 5.45. The molecule has 0 atom stereocenters. The Kier molecular flexibility index (Phi) is 16.6. The number of halogens is 6. The summed E-state index contributed by atoms with van der Waals surface area (Å²) in [4.78, 5) is 48.5. The summed E-state index contributed by atoms with van der Waals surface area (Å²) in [6.45, 7) is 8.79. The molecule has 2 aliphatic heterocycles. The number of Topliss-reactive ketones (excluding diaryl/α,β-unsaturated/α-hetero) is 2. The summed E-state index contributed by atoms with van der Waals surface area (Å²) < 4.78 is 107. The molecule has 0 bridgehead atoms. The SMILES string of the molecule is COc1cc(-n2cnc3cc(C4CCN(C(=O)OC(C)(C)C)CC4)ccc32)cc(OC)c1C(=O)CCC(F)(F)F.COc1cc(-n2cnc3cc(C4CCNCC4)ccc32)cc(OC)c1C(=O)CCC(F)(F)F. The standard InChI is InChI=1S/C29H34F3N3O5.C24H26F3N3O3/c1-28(2,3)40-27(37)34-12-9-18(10-13-34)19-6-7-22-21(14-19)33-17-35(22)20-15-24(38-4)26(25(16-20)39-5)23(36)8-11-29(30,31)32;1-32-21-12-17(13-22(33-2)23(21)20(31)5-8-24(25,26)27)30-14-29-18-11-16(3-4-19(18)30)15-6-9-28-10-7-15/h6-7,14-18H,8-13H2,1-5H3;3-4,11-15,28H,5-10H2,1-2H3. The minimum absolute atomic E-state index is 0.00520. The van der Waals surface area contributed by atoms with Gasteiger partial charge in [-0.25, -0.2) is 14.8 Å². The number of carbonyl (C=O) groups excluding carboxylic acids is 3. The van der Waals surface area contributed by atoms with E-state index in [0.29, 0.717) is 30.4 Å². The zero-order valence-electron chi connectivity index (χ0n) is 41.8. The highest BCUT2D eigenvalue weighted by atomic mass is 19.4. The highest BCUT2D eigenvalue weighted by Crippen LogP contribution is 2.39. The maximum Gasteiger partial charge on any atom is 0.410 e. The van der Waals surface area contributed by atoms with Crippen LogP contribution in [0.1, 0.15) is 116 Å². The zero-order chi connectivity index (χ0) is 52.8. The van der Waals surface area contributed by atoms with E-state index >= 15 is 0 Å².